The molecule has 6 aromatic rings. The Bertz CT molecular complexity index is 1810. The second-order valence-corrected chi connectivity index (χ2v) is 11.1. The lowest BCUT2D eigenvalue weighted by molar-refractivity contribution is 0.0733. The number of hydrogen-bond donors (Lipinski definition) is 0. The van der Waals surface area contributed by atoms with E-state index in [-0.39, 0.29) is 0 Å². The van der Waals surface area contributed by atoms with E-state index in [2.05, 4.69) is 82.3 Å². The quantitative estimate of drug-likeness (QED) is 0.173. The van der Waals surface area contributed by atoms with E-state index in [0.717, 1.165) is 35.4 Å². The fourth-order valence-electron chi connectivity index (χ4n) is 4.46. The number of esters is 1. The van der Waals surface area contributed by atoms with Crippen molar-refractivity contribution in [1.82, 2.24) is 19.9 Å². The number of ether oxygens (including phenoxy) is 1. The fourth-order valence-corrected chi connectivity index (χ4v) is 4.46. The number of benzene rings is 4. The predicted octanol–water partition coefficient (Wildman–Crippen LogP) is 8.53. The molecule has 0 bridgehead atoms. The molecule has 45 heavy (non-hydrogen) atoms. The first kappa shape index (κ1) is 31.0. The van der Waals surface area contributed by atoms with Gasteiger partial charge in [-0.3, -0.25) is 0 Å². The van der Waals surface area contributed by atoms with Gasteiger partial charge >= 0.3 is 5.97 Å². The van der Waals surface area contributed by atoms with Crippen LogP contribution in [0.15, 0.2) is 122 Å². The Hall–Kier alpha value is -5.49. The molecule has 0 unspecified atom stereocenters. The summed E-state index contributed by atoms with van der Waals surface area (Å²) in [5.74, 6) is 1.29. The first-order valence-electron chi connectivity index (χ1n) is 14.9. The zero-order valence-corrected chi connectivity index (χ0v) is 26.1. The van der Waals surface area contributed by atoms with Gasteiger partial charge in [-0.2, -0.15) is 0 Å². The van der Waals surface area contributed by atoms with Crippen LogP contribution >= 0.6 is 0 Å². The van der Waals surface area contributed by atoms with E-state index >= 15 is 0 Å². The summed E-state index contributed by atoms with van der Waals surface area (Å²) in [5.41, 5.74) is 9.84. The molecule has 0 radical (unpaired) electrons. The van der Waals surface area contributed by atoms with Crippen LogP contribution in [-0.4, -0.2) is 25.9 Å². The average molecular weight is 593 g/mol. The molecular formula is C39H36N4O2. The molecule has 6 nitrogen and oxygen atoms in total. The molecule has 0 aliphatic heterocycles. The summed E-state index contributed by atoms with van der Waals surface area (Å²) < 4.78 is 5.29. The maximum atomic E-state index is 12.0. The summed E-state index contributed by atoms with van der Waals surface area (Å²) in [6, 6.07) is 32.1. The second-order valence-electron chi connectivity index (χ2n) is 11.1. The maximum Gasteiger partial charge on any atom is 0.343 e. The van der Waals surface area contributed by atoms with Crippen molar-refractivity contribution in [2.24, 2.45) is 0 Å². The van der Waals surface area contributed by atoms with Crippen molar-refractivity contribution in [3.05, 3.63) is 161 Å². The van der Waals surface area contributed by atoms with Gasteiger partial charge in [-0.25, -0.2) is 24.7 Å². The molecule has 0 amide bonds. The topological polar surface area (TPSA) is 77.9 Å². The third-order valence-corrected chi connectivity index (χ3v) is 7.27. The smallest absolute Gasteiger partial charge is 0.343 e. The molecule has 0 fully saturated rings. The molecule has 0 N–H and O–H groups in total. The van der Waals surface area contributed by atoms with Crippen LogP contribution in [0.2, 0.25) is 0 Å². The SMILES string of the molecule is Cc1ccc(C(=O)Oc2cnc(-c3ccc(C)cc3)nc2)cc1.Cc1ccc(CCc2cnc(-c3ccc(C)cc3)nc2)cc1. The summed E-state index contributed by atoms with van der Waals surface area (Å²) in [4.78, 5) is 29.5. The third-order valence-electron chi connectivity index (χ3n) is 7.27. The molecule has 0 saturated heterocycles. The van der Waals surface area contributed by atoms with Gasteiger partial charge in [-0.15, -0.1) is 0 Å². The molecule has 6 rings (SSSR count). The van der Waals surface area contributed by atoms with Gasteiger partial charge in [-0.1, -0.05) is 107 Å². The Morgan fingerprint density at radius 2 is 0.867 bits per heavy atom. The van der Waals surface area contributed by atoms with Gasteiger partial charge < -0.3 is 4.74 Å². The number of hydrogen-bond acceptors (Lipinski definition) is 6. The minimum Gasteiger partial charge on any atom is -0.420 e. The molecule has 0 atom stereocenters. The van der Waals surface area contributed by atoms with Crippen LogP contribution in [0.3, 0.4) is 0 Å². The Morgan fingerprint density at radius 3 is 1.33 bits per heavy atom. The highest BCUT2D eigenvalue weighted by Crippen LogP contribution is 2.19. The largest absolute Gasteiger partial charge is 0.420 e. The van der Waals surface area contributed by atoms with Crippen molar-refractivity contribution in [3.63, 3.8) is 0 Å². The number of aromatic nitrogens is 4. The Kier molecular flexibility index (Phi) is 10.2. The highest BCUT2D eigenvalue weighted by atomic mass is 16.5. The molecule has 0 spiro atoms. The Labute approximate surface area is 264 Å². The summed E-state index contributed by atoms with van der Waals surface area (Å²) in [6.45, 7) is 8.19. The van der Waals surface area contributed by atoms with Crippen LogP contribution < -0.4 is 4.74 Å². The molecule has 0 aliphatic rings. The summed E-state index contributed by atoms with van der Waals surface area (Å²) in [5, 5.41) is 0. The van der Waals surface area contributed by atoms with Crippen LogP contribution in [-0.2, 0) is 12.8 Å². The summed E-state index contributed by atoms with van der Waals surface area (Å²) >= 11 is 0. The average Bonchev–Trinajstić information content (AvgIpc) is 3.06. The van der Waals surface area contributed by atoms with Crippen LogP contribution in [0.4, 0.5) is 0 Å². The Balaban J connectivity index is 0.000000178. The molecule has 224 valence electrons. The second kappa shape index (κ2) is 14.8. The van der Waals surface area contributed by atoms with E-state index in [1.54, 1.807) is 12.1 Å². The maximum absolute atomic E-state index is 12.0. The van der Waals surface area contributed by atoms with E-state index in [9.17, 15) is 4.79 Å². The minimum absolute atomic E-state index is 0.325. The standard InChI is InChI=1S/C20H20N2.C19H16N2O2/c1-15-3-7-17(8-4-15)9-10-18-13-21-20(22-14-18)19-11-5-16(2)6-12-19;1-13-3-7-15(8-4-13)18-20-11-17(12-21-18)23-19(22)16-9-5-14(2)6-10-16/h3-8,11-14H,9-10H2,1-2H3;3-12H,1-2H3. The molecule has 0 aliphatic carbocycles. The lowest BCUT2D eigenvalue weighted by atomic mass is 10.1. The van der Waals surface area contributed by atoms with Crippen molar-refractivity contribution in [1.29, 1.82) is 0 Å². The summed E-state index contributed by atoms with van der Waals surface area (Å²) in [7, 11) is 0. The van der Waals surface area contributed by atoms with Crippen molar-refractivity contribution in [2.45, 2.75) is 40.5 Å². The van der Waals surface area contributed by atoms with E-state index in [1.165, 1.54) is 40.2 Å². The summed E-state index contributed by atoms with van der Waals surface area (Å²) in [6.07, 6.45) is 8.89. The zero-order valence-electron chi connectivity index (χ0n) is 26.1. The molecule has 2 aromatic heterocycles. The van der Waals surface area contributed by atoms with E-state index < -0.39 is 5.97 Å². The van der Waals surface area contributed by atoms with Crippen LogP contribution in [0, 0.1) is 27.7 Å². The van der Waals surface area contributed by atoms with Crippen LogP contribution in [0.25, 0.3) is 22.8 Å². The first-order valence-corrected chi connectivity index (χ1v) is 14.9. The first-order chi connectivity index (χ1) is 21.8. The number of carbonyl (C=O) groups is 1. The van der Waals surface area contributed by atoms with Gasteiger partial charge in [-0.05, 0) is 63.8 Å². The highest BCUT2D eigenvalue weighted by Gasteiger charge is 2.10. The van der Waals surface area contributed by atoms with Gasteiger partial charge in [0, 0.05) is 23.5 Å². The van der Waals surface area contributed by atoms with Gasteiger partial charge in [0.1, 0.15) is 0 Å². The normalized spacial score (nSPS) is 10.5. The molecule has 2 heterocycles. The van der Waals surface area contributed by atoms with Crippen LogP contribution in [0.5, 0.6) is 5.75 Å². The van der Waals surface area contributed by atoms with Crippen LogP contribution in [0.1, 0.15) is 43.7 Å². The fraction of sp³-hybridized carbons (Fsp3) is 0.154. The van der Waals surface area contributed by atoms with Crippen molar-refractivity contribution >= 4 is 5.97 Å². The third kappa shape index (κ3) is 9.00. The number of rotatable bonds is 7. The van der Waals surface area contributed by atoms with Gasteiger partial charge in [0.2, 0.25) is 0 Å². The number of aryl methyl sites for hydroxylation is 6. The highest BCUT2D eigenvalue weighted by molar-refractivity contribution is 5.91. The lowest BCUT2D eigenvalue weighted by Crippen LogP contribution is -2.08. The minimum atomic E-state index is -0.420. The van der Waals surface area contributed by atoms with Gasteiger partial charge in [0.05, 0.1) is 18.0 Å². The lowest BCUT2D eigenvalue weighted by Gasteiger charge is -2.05. The molecular weight excluding hydrogens is 556 g/mol. The molecule has 6 heteroatoms. The predicted molar refractivity (Wildman–Crippen MR) is 179 cm³/mol. The zero-order chi connectivity index (χ0) is 31.6. The number of nitrogens with zero attached hydrogens (tertiary/aromatic N) is 4. The molecule has 0 saturated carbocycles. The molecule has 4 aromatic carbocycles. The number of carbonyl (C=O) groups excluding carboxylic acids is 1. The Morgan fingerprint density at radius 1 is 0.489 bits per heavy atom. The van der Waals surface area contributed by atoms with Crippen molar-refractivity contribution in [3.8, 4) is 28.5 Å². The van der Waals surface area contributed by atoms with E-state index in [0.29, 0.717) is 17.1 Å². The van der Waals surface area contributed by atoms with E-state index in [1.807, 2.05) is 62.6 Å². The van der Waals surface area contributed by atoms with Crippen molar-refractivity contribution in [2.75, 3.05) is 0 Å². The van der Waals surface area contributed by atoms with E-state index in [4.69, 9.17) is 4.74 Å². The monoisotopic (exact) mass is 592 g/mol. The van der Waals surface area contributed by atoms with Gasteiger partial charge in [0.15, 0.2) is 17.4 Å². The van der Waals surface area contributed by atoms with Crippen molar-refractivity contribution < 1.29 is 9.53 Å². The van der Waals surface area contributed by atoms with Gasteiger partial charge in [0.25, 0.3) is 0 Å².